The van der Waals surface area contributed by atoms with E-state index in [1.54, 1.807) is 6.08 Å². The summed E-state index contributed by atoms with van der Waals surface area (Å²) in [6.45, 7) is 0. The van der Waals surface area contributed by atoms with E-state index in [1.165, 1.54) is 5.56 Å². The molecule has 31 heavy (non-hydrogen) atoms. The summed E-state index contributed by atoms with van der Waals surface area (Å²) in [7, 11) is 0. The normalized spacial score (nSPS) is 24.8. The molecule has 3 N–H and O–H groups in total. The standard InChI is InChI=1S/C26H35NO4/c28-21(15-12-19-8-4-3-5-9-19)16-17-23-22(24(29)18-25(23)30)10-6-1-2-7-11-26(31)27-20-13-14-20/h1,3-6,8-9,16-17,20-23,25,28,30H,2,7,10-15,18H2,(H,27,31)/b6-1-,17-16+/t21-,22+,23?,25+/m0/s1. The van der Waals surface area contributed by atoms with Gasteiger partial charge in [-0.05, 0) is 50.5 Å². The van der Waals surface area contributed by atoms with Crippen molar-refractivity contribution in [2.24, 2.45) is 11.8 Å². The Labute approximate surface area is 185 Å². The van der Waals surface area contributed by atoms with E-state index in [0.717, 1.165) is 32.1 Å². The lowest BCUT2D eigenvalue weighted by Crippen LogP contribution is -2.24. The molecule has 2 aliphatic carbocycles. The van der Waals surface area contributed by atoms with Crippen LogP contribution in [0, 0.1) is 11.8 Å². The molecule has 5 nitrogen and oxygen atoms in total. The third-order valence-corrected chi connectivity index (χ3v) is 6.13. The predicted octanol–water partition coefficient (Wildman–Crippen LogP) is 3.50. The minimum atomic E-state index is -0.686. The number of unbranched alkanes of at least 4 members (excludes halogenated alkanes) is 1. The number of hydrogen-bond donors (Lipinski definition) is 3. The van der Waals surface area contributed by atoms with E-state index in [4.69, 9.17) is 0 Å². The van der Waals surface area contributed by atoms with Gasteiger partial charge in [0.1, 0.15) is 5.78 Å². The van der Waals surface area contributed by atoms with Crippen molar-refractivity contribution >= 4 is 11.7 Å². The highest BCUT2D eigenvalue weighted by atomic mass is 16.3. The molecule has 0 spiro atoms. The van der Waals surface area contributed by atoms with Crippen LogP contribution in [0.2, 0.25) is 0 Å². The number of hydrogen-bond acceptors (Lipinski definition) is 4. The minimum absolute atomic E-state index is 0.0781. The van der Waals surface area contributed by atoms with Crippen LogP contribution in [0.4, 0.5) is 0 Å². The first-order valence-electron chi connectivity index (χ1n) is 11.6. The Morgan fingerprint density at radius 3 is 2.71 bits per heavy atom. The number of aliphatic hydroxyl groups excluding tert-OH is 2. The van der Waals surface area contributed by atoms with Crippen molar-refractivity contribution in [1.29, 1.82) is 0 Å². The maximum absolute atomic E-state index is 12.3. The molecule has 0 bridgehead atoms. The summed E-state index contributed by atoms with van der Waals surface area (Å²) < 4.78 is 0. The number of ketones is 1. The smallest absolute Gasteiger partial charge is 0.220 e. The van der Waals surface area contributed by atoms with Crippen molar-refractivity contribution in [1.82, 2.24) is 5.32 Å². The SMILES string of the molecule is O=C(CCC/C=C\C[C@H]1C(=O)C[C@@H](O)C1/C=C/[C@@H](O)CCc1ccccc1)NC1CC1. The van der Waals surface area contributed by atoms with Crippen molar-refractivity contribution < 1.29 is 19.8 Å². The first-order valence-corrected chi connectivity index (χ1v) is 11.6. The Hall–Kier alpha value is -2.24. The largest absolute Gasteiger partial charge is 0.392 e. The van der Waals surface area contributed by atoms with Gasteiger partial charge in [0.05, 0.1) is 12.2 Å². The van der Waals surface area contributed by atoms with Gasteiger partial charge in [-0.3, -0.25) is 9.59 Å². The van der Waals surface area contributed by atoms with Gasteiger partial charge in [0.15, 0.2) is 0 Å². The lowest BCUT2D eigenvalue weighted by atomic mass is 9.90. The fourth-order valence-corrected chi connectivity index (χ4v) is 4.11. The zero-order valence-electron chi connectivity index (χ0n) is 18.2. The number of benzene rings is 1. The second-order valence-electron chi connectivity index (χ2n) is 8.84. The number of allylic oxidation sites excluding steroid dienone is 2. The second kappa shape index (κ2) is 12.0. The maximum atomic E-state index is 12.3. The minimum Gasteiger partial charge on any atom is -0.392 e. The molecule has 1 aromatic carbocycles. The molecule has 168 valence electrons. The number of aliphatic hydroxyl groups is 2. The highest BCUT2D eigenvalue weighted by molar-refractivity contribution is 5.84. The topological polar surface area (TPSA) is 86.6 Å². The van der Waals surface area contributed by atoms with Crippen LogP contribution < -0.4 is 5.32 Å². The van der Waals surface area contributed by atoms with Gasteiger partial charge in [0, 0.05) is 30.7 Å². The molecule has 0 radical (unpaired) electrons. The fourth-order valence-electron chi connectivity index (χ4n) is 4.11. The zero-order valence-corrected chi connectivity index (χ0v) is 18.2. The lowest BCUT2D eigenvalue weighted by Gasteiger charge is -2.16. The number of Topliss-reactive ketones (excluding diaryl/α,β-unsaturated/α-hetero) is 1. The van der Waals surface area contributed by atoms with Crippen LogP contribution in [0.3, 0.4) is 0 Å². The monoisotopic (exact) mass is 425 g/mol. The van der Waals surface area contributed by atoms with Gasteiger partial charge >= 0.3 is 0 Å². The Bertz CT molecular complexity index is 769. The van der Waals surface area contributed by atoms with Crippen molar-refractivity contribution in [3.05, 3.63) is 60.2 Å². The number of carbonyl (C=O) groups excluding carboxylic acids is 2. The Kier molecular flexibility index (Phi) is 9.04. The lowest BCUT2D eigenvalue weighted by molar-refractivity contribution is -0.122. The summed E-state index contributed by atoms with van der Waals surface area (Å²) in [6.07, 6.45) is 12.8. The average molecular weight is 426 g/mol. The number of amides is 1. The third-order valence-electron chi connectivity index (χ3n) is 6.13. The second-order valence-corrected chi connectivity index (χ2v) is 8.84. The molecule has 5 heteroatoms. The molecule has 0 heterocycles. The van der Waals surface area contributed by atoms with Crippen molar-refractivity contribution in [3.63, 3.8) is 0 Å². The number of nitrogens with one attached hydrogen (secondary N) is 1. The summed E-state index contributed by atoms with van der Waals surface area (Å²) in [5.41, 5.74) is 1.18. The first-order chi connectivity index (χ1) is 15.0. The molecule has 3 rings (SSSR count). The molecule has 2 saturated carbocycles. The van der Waals surface area contributed by atoms with Gasteiger partial charge < -0.3 is 15.5 Å². The molecule has 0 aliphatic heterocycles. The molecule has 1 unspecified atom stereocenters. The Morgan fingerprint density at radius 2 is 1.97 bits per heavy atom. The number of rotatable bonds is 12. The fraction of sp³-hybridized carbons (Fsp3) is 0.538. The third kappa shape index (κ3) is 8.08. The summed E-state index contributed by atoms with van der Waals surface area (Å²) in [5, 5.41) is 23.6. The van der Waals surface area contributed by atoms with Crippen LogP contribution in [0.25, 0.3) is 0 Å². The van der Waals surface area contributed by atoms with E-state index in [-0.39, 0.29) is 29.9 Å². The summed E-state index contributed by atoms with van der Waals surface area (Å²) in [5.74, 6) is -0.301. The molecule has 0 aromatic heterocycles. The van der Waals surface area contributed by atoms with Gasteiger partial charge in [-0.15, -0.1) is 0 Å². The number of carbonyl (C=O) groups is 2. The molecule has 1 amide bonds. The summed E-state index contributed by atoms with van der Waals surface area (Å²) >= 11 is 0. The van der Waals surface area contributed by atoms with Gasteiger partial charge in [0.2, 0.25) is 5.91 Å². The van der Waals surface area contributed by atoms with Gasteiger partial charge in [0.25, 0.3) is 0 Å². The van der Waals surface area contributed by atoms with Crippen LogP contribution in [0.1, 0.15) is 56.9 Å². The Balaban J connectivity index is 1.40. The van der Waals surface area contributed by atoms with E-state index >= 15 is 0 Å². The van der Waals surface area contributed by atoms with Crippen LogP contribution in [0.15, 0.2) is 54.6 Å². The first kappa shape index (κ1) is 23.4. The van der Waals surface area contributed by atoms with Crippen LogP contribution in [-0.4, -0.2) is 40.2 Å². The van der Waals surface area contributed by atoms with Crippen molar-refractivity contribution in [2.75, 3.05) is 0 Å². The van der Waals surface area contributed by atoms with E-state index in [1.807, 2.05) is 48.6 Å². The van der Waals surface area contributed by atoms with E-state index in [2.05, 4.69) is 5.32 Å². The highest BCUT2D eigenvalue weighted by Crippen LogP contribution is 2.33. The molecule has 1 aromatic rings. The summed E-state index contributed by atoms with van der Waals surface area (Å²) in [4.78, 5) is 24.0. The predicted molar refractivity (Wildman–Crippen MR) is 121 cm³/mol. The highest BCUT2D eigenvalue weighted by Gasteiger charge is 2.39. The molecule has 2 fully saturated rings. The average Bonchev–Trinajstić information content (AvgIpc) is 3.52. The van der Waals surface area contributed by atoms with Crippen LogP contribution >= 0.6 is 0 Å². The molecule has 4 atom stereocenters. The van der Waals surface area contributed by atoms with E-state index in [9.17, 15) is 19.8 Å². The Morgan fingerprint density at radius 1 is 1.19 bits per heavy atom. The molecule has 2 aliphatic rings. The van der Waals surface area contributed by atoms with Crippen LogP contribution in [-0.2, 0) is 16.0 Å². The zero-order chi connectivity index (χ0) is 22.1. The molecule has 0 saturated heterocycles. The van der Waals surface area contributed by atoms with E-state index < -0.39 is 12.2 Å². The van der Waals surface area contributed by atoms with Gasteiger partial charge in [-0.2, -0.15) is 0 Å². The maximum Gasteiger partial charge on any atom is 0.220 e. The van der Waals surface area contributed by atoms with E-state index in [0.29, 0.717) is 25.3 Å². The molecular weight excluding hydrogens is 390 g/mol. The molecular formula is C26H35NO4. The van der Waals surface area contributed by atoms with Crippen molar-refractivity contribution in [3.8, 4) is 0 Å². The summed E-state index contributed by atoms with van der Waals surface area (Å²) in [6, 6.07) is 10.4. The van der Waals surface area contributed by atoms with Crippen molar-refractivity contribution in [2.45, 2.75) is 76.0 Å². The number of aryl methyl sites for hydroxylation is 1. The van der Waals surface area contributed by atoms with Gasteiger partial charge in [-0.1, -0.05) is 54.6 Å². The van der Waals surface area contributed by atoms with Crippen LogP contribution in [0.5, 0.6) is 0 Å². The van der Waals surface area contributed by atoms with Gasteiger partial charge in [-0.25, -0.2) is 0 Å². The quantitative estimate of drug-likeness (QED) is 0.353.